The van der Waals surface area contributed by atoms with Gasteiger partial charge < -0.3 is 14.8 Å². The Morgan fingerprint density at radius 1 is 1.00 bits per heavy atom. The van der Waals surface area contributed by atoms with Gasteiger partial charge in [0.1, 0.15) is 0 Å². The zero-order chi connectivity index (χ0) is 19.7. The molecular formula is C23H21N3O3. The third-order valence-corrected chi connectivity index (χ3v) is 5.29. The van der Waals surface area contributed by atoms with E-state index in [4.69, 9.17) is 9.47 Å². The molecule has 2 aliphatic rings. The van der Waals surface area contributed by atoms with E-state index in [1.807, 2.05) is 42.5 Å². The van der Waals surface area contributed by atoms with E-state index in [9.17, 15) is 4.79 Å². The minimum Gasteiger partial charge on any atom is -0.448 e. The molecule has 29 heavy (non-hydrogen) atoms. The Hall–Kier alpha value is -3.41. The summed E-state index contributed by atoms with van der Waals surface area (Å²) in [6.45, 7) is 0. The Morgan fingerprint density at radius 3 is 2.66 bits per heavy atom. The average Bonchev–Trinajstić information content (AvgIpc) is 3.09. The van der Waals surface area contributed by atoms with E-state index >= 15 is 0 Å². The summed E-state index contributed by atoms with van der Waals surface area (Å²) in [7, 11) is 0. The lowest BCUT2D eigenvalue weighted by Gasteiger charge is -2.31. The van der Waals surface area contributed by atoms with Crippen LogP contribution in [0.15, 0.2) is 54.7 Å². The predicted octanol–water partition coefficient (Wildman–Crippen LogP) is 4.71. The van der Waals surface area contributed by atoms with Crippen molar-refractivity contribution >= 4 is 28.7 Å². The van der Waals surface area contributed by atoms with Crippen LogP contribution in [0.3, 0.4) is 0 Å². The maximum Gasteiger partial charge on any atom is 0.251 e. The Morgan fingerprint density at radius 2 is 1.79 bits per heavy atom. The summed E-state index contributed by atoms with van der Waals surface area (Å²) in [6.07, 6.45) is 10.00. The Labute approximate surface area is 168 Å². The van der Waals surface area contributed by atoms with Gasteiger partial charge in [0.25, 0.3) is 5.79 Å². The zero-order valence-corrected chi connectivity index (χ0v) is 15.9. The number of carbonyl (C=O) groups excluding carboxylic acids is 1. The molecule has 1 fully saturated rings. The van der Waals surface area contributed by atoms with Gasteiger partial charge in [0.05, 0.1) is 22.9 Å². The number of benzene rings is 2. The van der Waals surface area contributed by atoms with Gasteiger partial charge in [0.15, 0.2) is 11.5 Å². The lowest BCUT2D eigenvalue weighted by Crippen LogP contribution is -2.40. The molecule has 146 valence electrons. The summed E-state index contributed by atoms with van der Waals surface area (Å²) < 4.78 is 12.2. The molecule has 1 aliphatic heterocycles. The molecule has 3 aromatic rings. The molecule has 0 radical (unpaired) electrons. The molecule has 6 heteroatoms. The summed E-state index contributed by atoms with van der Waals surface area (Å²) >= 11 is 0. The monoisotopic (exact) mass is 387 g/mol. The highest BCUT2D eigenvalue weighted by atomic mass is 16.7. The van der Waals surface area contributed by atoms with Crippen molar-refractivity contribution in [2.24, 2.45) is 0 Å². The van der Waals surface area contributed by atoms with Crippen molar-refractivity contribution in [3.8, 4) is 11.5 Å². The van der Waals surface area contributed by atoms with Crippen LogP contribution in [0.4, 0.5) is 5.69 Å². The van der Waals surface area contributed by atoms with Crippen LogP contribution in [-0.4, -0.2) is 21.7 Å². The Balaban J connectivity index is 1.26. The number of para-hydroxylation sites is 2. The summed E-state index contributed by atoms with van der Waals surface area (Å²) in [4.78, 5) is 21.2. The minimum absolute atomic E-state index is 0.244. The molecule has 5 rings (SSSR count). The van der Waals surface area contributed by atoms with Crippen LogP contribution in [0.25, 0.3) is 17.1 Å². The zero-order valence-electron chi connectivity index (χ0n) is 15.9. The molecule has 0 bridgehead atoms. The first-order valence-corrected chi connectivity index (χ1v) is 9.92. The van der Waals surface area contributed by atoms with Crippen molar-refractivity contribution in [3.63, 3.8) is 0 Å². The Kier molecular flexibility index (Phi) is 4.39. The lowest BCUT2D eigenvalue weighted by molar-refractivity contribution is -0.111. The molecule has 2 aromatic carbocycles. The highest BCUT2D eigenvalue weighted by Gasteiger charge is 2.42. The number of hydrogen-bond donors (Lipinski definition) is 1. The molecule has 0 unspecified atom stereocenters. The van der Waals surface area contributed by atoms with E-state index < -0.39 is 5.79 Å². The van der Waals surface area contributed by atoms with Gasteiger partial charge in [-0.1, -0.05) is 18.6 Å². The fraction of sp³-hybridized carbons (Fsp3) is 0.261. The summed E-state index contributed by atoms with van der Waals surface area (Å²) in [5, 5.41) is 2.86. The van der Waals surface area contributed by atoms with Crippen molar-refractivity contribution in [3.05, 3.63) is 60.4 Å². The molecule has 0 atom stereocenters. The van der Waals surface area contributed by atoms with E-state index in [-0.39, 0.29) is 5.91 Å². The van der Waals surface area contributed by atoms with Gasteiger partial charge >= 0.3 is 0 Å². The van der Waals surface area contributed by atoms with Gasteiger partial charge in [0, 0.05) is 30.7 Å². The topological polar surface area (TPSA) is 73.3 Å². The van der Waals surface area contributed by atoms with Crippen LogP contribution in [0.5, 0.6) is 11.5 Å². The Bertz CT molecular complexity index is 1100. The summed E-state index contributed by atoms with van der Waals surface area (Å²) in [6, 6.07) is 13.1. The third kappa shape index (κ3) is 3.66. The summed E-state index contributed by atoms with van der Waals surface area (Å²) in [5.74, 6) is 0.671. The van der Waals surface area contributed by atoms with Gasteiger partial charge in [-0.25, -0.2) is 4.98 Å². The normalized spacial score (nSPS) is 17.1. The van der Waals surface area contributed by atoms with Crippen LogP contribution in [0, 0.1) is 0 Å². The number of hydrogen-bond acceptors (Lipinski definition) is 5. The molecule has 0 saturated heterocycles. The second-order valence-corrected chi connectivity index (χ2v) is 7.44. The quantitative estimate of drug-likeness (QED) is 0.659. The number of carbonyl (C=O) groups is 1. The molecule has 6 nitrogen and oxygen atoms in total. The molecule has 1 aromatic heterocycles. The minimum atomic E-state index is -0.516. The fourth-order valence-corrected chi connectivity index (χ4v) is 3.86. The molecule has 1 amide bonds. The van der Waals surface area contributed by atoms with Gasteiger partial charge in [0.2, 0.25) is 5.91 Å². The van der Waals surface area contributed by atoms with Gasteiger partial charge in [-0.2, -0.15) is 0 Å². The van der Waals surface area contributed by atoms with E-state index in [0.717, 1.165) is 42.5 Å². The number of anilines is 1. The maximum atomic E-state index is 12.3. The number of ether oxygens (including phenoxy) is 2. The number of amides is 1. The van der Waals surface area contributed by atoms with E-state index in [2.05, 4.69) is 15.3 Å². The molecule has 2 heterocycles. The number of nitrogens with zero attached hydrogens (tertiary/aromatic N) is 2. The molecule has 1 N–H and O–H groups in total. The van der Waals surface area contributed by atoms with Crippen LogP contribution in [0.1, 0.15) is 37.8 Å². The van der Waals surface area contributed by atoms with E-state index in [1.54, 1.807) is 12.3 Å². The molecule has 1 spiro atoms. The number of fused-ring (bicyclic) bond motifs is 2. The first-order valence-electron chi connectivity index (χ1n) is 9.92. The first kappa shape index (κ1) is 17.7. The standard InChI is InChI=1S/C23H21N3O3/c27-22(11-9-17-15-24-18-6-2-3-7-19(18)25-17)26-16-8-10-20-21(14-16)29-23(28-20)12-4-1-5-13-23/h2-3,6-11,14-15H,1,4-5,12-13H2,(H,26,27)/b11-9+. The van der Waals surface area contributed by atoms with E-state index in [1.165, 1.54) is 12.5 Å². The number of rotatable bonds is 3. The van der Waals surface area contributed by atoms with Gasteiger partial charge in [-0.05, 0) is 43.2 Å². The maximum absolute atomic E-state index is 12.3. The number of aromatic nitrogens is 2. The number of nitrogens with one attached hydrogen (secondary N) is 1. The van der Waals surface area contributed by atoms with Crippen LogP contribution < -0.4 is 14.8 Å². The van der Waals surface area contributed by atoms with Gasteiger partial charge in [-0.3, -0.25) is 9.78 Å². The van der Waals surface area contributed by atoms with Crippen molar-refractivity contribution in [2.45, 2.75) is 37.9 Å². The predicted molar refractivity (Wildman–Crippen MR) is 111 cm³/mol. The fourth-order valence-electron chi connectivity index (χ4n) is 3.86. The van der Waals surface area contributed by atoms with Crippen LogP contribution >= 0.6 is 0 Å². The summed E-state index contributed by atoms with van der Waals surface area (Å²) in [5.41, 5.74) is 2.91. The third-order valence-electron chi connectivity index (χ3n) is 5.29. The second kappa shape index (κ2) is 7.20. The second-order valence-electron chi connectivity index (χ2n) is 7.44. The smallest absolute Gasteiger partial charge is 0.251 e. The molecule has 1 aliphatic carbocycles. The average molecular weight is 387 g/mol. The molecule has 1 saturated carbocycles. The largest absolute Gasteiger partial charge is 0.448 e. The van der Waals surface area contributed by atoms with Crippen molar-refractivity contribution in [1.82, 2.24) is 9.97 Å². The van der Waals surface area contributed by atoms with Crippen LogP contribution in [0.2, 0.25) is 0 Å². The first-order chi connectivity index (χ1) is 14.2. The highest BCUT2D eigenvalue weighted by molar-refractivity contribution is 6.02. The molecular weight excluding hydrogens is 366 g/mol. The van der Waals surface area contributed by atoms with Gasteiger partial charge in [-0.15, -0.1) is 0 Å². The van der Waals surface area contributed by atoms with Crippen molar-refractivity contribution in [2.75, 3.05) is 5.32 Å². The van der Waals surface area contributed by atoms with Crippen LogP contribution in [-0.2, 0) is 4.79 Å². The highest BCUT2D eigenvalue weighted by Crippen LogP contribution is 2.46. The van der Waals surface area contributed by atoms with Crippen molar-refractivity contribution in [1.29, 1.82) is 0 Å². The van der Waals surface area contributed by atoms with E-state index in [0.29, 0.717) is 17.1 Å². The van der Waals surface area contributed by atoms with Crippen molar-refractivity contribution < 1.29 is 14.3 Å². The SMILES string of the molecule is O=C(/C=C/c1cnc2ccccc2n1)Nc1ccc2c(c1)OC1(CCCCC1)O2. The lowest BCUT2D eigenvalue weighted by atomic mass is 9.94.